The van der Waals surface area contributed by atoms with Gasteiger partial charge in [0.1, 0.15) is 0 Å². The van der Waals surface area contributed by atoms with Crippen LogP contribution < -0.4 is 5.01 Å². The summed E-state index contributed by atoms with van der Waals surface area (Å²) in [5.74, 6) is 0. The second kappa shape index (κ2) is 6.73. The lowest BCUT2D eigenvalue weighted by molar-refractivity contribution is 0.590. The quantitative estimate of drug-likeness (QED) is 0.527. The molecule has 132 valence electrons. The van der Waals surface area contributed by atoms with Crippen LogP contribution in [0.2, 0.25) is 0 Å². The molecule has 1 unspecified atom stereocenters. The maximum Gasteiger partial charge on any atom is 0.0839 e. The first-order valence-electron chi connectivity index (χ1n) is 9.07. The topological polar surface area (TPSA) is 15.6 Å². The van der Waals surface area contributed by atoms with Crippen molar-refractivity contribution in [1.29, 1.82) is 0 Å². The number of thiophene rings is 1. The summed E-state index contributed by atoms with van der Waals surface area (Å²) >= 11 is 1.75. The molecule has 0 spiro atoms. The lowest BCUT2D eigenvalue weighted by Gasteiger charge is -2.22. The molecule has 1 aliphatic rings. The zero-order chi connectivity index (χ0) is 18.1. The van der Waals surface area contributed by atoms with Crippen LogP contribution in [-0.2, 0) is 5.41 Å². The molecule has 1 atom stereocenters. The fourth-order valence-corrected chi connectivity index (χ4v) is 4.10. The molecule has 0 aliphatic carbocycles. The van der Waals surface area contributed by atoms with Crippen LogP contribution in [0.5, 0.6) is 0 Å². The summed E-state index contributed by atoms with van der Waals surface area (Å²) in [5.41, 5.74) is 6.39. The number of benzene rings is 2. The van der Waals surface area contributed by atoms with Gasteiger partial charge in [0.05, 0.1) is 17.4 Å². The zero-order valence-electron chi connectivity index (χ0n) is 15.5. The van der Waals surface area contributed by atoms with E-state index in [1.165, 1.54) is 16.7 Å². The minimum absolute atomic E-state index is 0.172. The van der Waals surface area contributed by atoms with Crippen molar-refractivity contribution in [3.8, 4) is 0 Å². The summed E-state index contributed by atoms with van der Waals surface area (Å²) in [5, 5.41) is 11.6. The molecule has 0 bridgehead atoms. The van der Waals surface area contributed by atoms with Gasteiger partial charge in [-0.1, -0.05) is 63.2 Å². The van der Waals surface area contributed by atoms with E-state index in [1.54, 1.807) is 11.3 Å². The minimum Gasteiger partial charge on any atom is -0.257 e. The highest BCUT2D eigenvalue weighted by Crippen LogP contribution is 2.37. The van der Waals surface area contributed by atoms with Crippen molar-refractivity contribution >= 4 is 22.7 Å². The van der Waals surface area contributed by atoms with Crippen molar-refractivity contribution < 1.29 is 0 Å². The molecule has 2 nitrogen and oxygen atoms in total. The molecule has 26 heavy (non-hydrogen) atoms. The van der Waals surface area contributed by atoms with Crippen molar-refractivity contribution in [2.75, 3.05) is 5.01 Å². The van der Waals surface area contributed by atoms with E-state index < -0.39 is 0 Å². The molecular formula is C23H24N2S. The zero-order valence-corrected chi connectivity index (χ0v) is 16.3. The smallest absolute Gasteiger partial charge is 0.0839 e. The molecule has 0 saturated carbocycles. The molecule has 2 heterocycles. The fourth-order valence-electron chi connectivity index (χ4n) is 3.39. The summed E-state index contributed by atoms with van der Waals surface area (Å²) in [6, 6.07) is 21.9. The number of nitrogens with zero attached hydrogens (tertiary/aromatic N) is 2. The number of para-hydroxylation sites is 1. The van der Waals surface area contributed by atoms with E-state index in [1.807, 2.05) is 0 Å². The van der Waals surface area contributed by atoms with E-state index in [4.69, 9.17) is 5.10 Å². The van der Waals surface area contributed by atoms with Gasteiger partial charge >= 0.3 is 0 Å². The van der Waals surface area contributed by atoms with Gasteiger partial charge in [0, 0.05) is 6.42 Å². The molecule has 1 aliphatic heterocycles. The Morgan fingerprint density at radius 2 is 1.69 bits per heavy atom. The van der Waals surface area contributed by atoms with E-state index in [9.17, 15) is 0 Å². The average molecular weight is 361 g/mol. The van der Waals surface area contributed by atoms with Crippen LogP contribution in [0.4, 0.5) is 5.69 Å². The van der Waals surface area contributed by atoms with E-state index in [-0.39, 0.29) is 11.5 Å². The summed E-state index contributed by atoms with van der Waals surface area (Å²) < 4.78 is 0. The van der Waals surface area contributed by atoms with E-state index in [0.717, 1.165) is 17.8 Å². The Morgan fingerprint density at radius 3 is 2.31 bits per heavy atom. The molecule has 4 rings (SSSR count). The molecule has 2 aromatic carbocycles. The Kier molecular flexibility index (Phi) is 4.41. The molecular weight excluding hydrogens is 336 g/mol. The largest absolute Gasteiger partial charge is 0.257 e. The molecule has 3 heteroatoms. The van der Waals surface area contributed by atoms with Crippen molar-refractivity contribution in [1.82, 2.24) is 0 Å². The Bertz CT molecular complexity index is 888. The number of anilines is 1. The number of hydrazone groups is 1. The molecule has 1 aromatic heterocycles. The first-order valence-corrected chi connectivity index (χ1v) is 10.0. The Morgan fingerprint density at radius 1 is 0.962 bits per heavy atom. The number of hydrogen-bond acceptors (Lipinski definition) is 3. The van der Waals surface area contributed by atoms with Crippen LogP contribution in [0.25, 0.3) is 0 Å². The third kappa shape index (κ3) is 3.32. The Labute approximate surface area is 159 Å². The fraction of sp³-hybridized carbons (Fsp3) is 0.261. The third-order valence-corrected chi connectivity index (χ3v) is 5.64. The summed E-state index contributed by atoms with van der Waals surface area (Å²) in [6.45, 7) is 6.75. The number of hydrogen-bond donors (Lipinski definition) is 0. The van der Waals surface area contributed by atoms with Crippen LogP contribution in [0.1, 0.15) is 49.9 Å². The van der Waals surface area contributed by atoms with E-state index in [2.05, 4.69) is 97.2 Å². The maximum atomic E-state index is 5.01. The highest BCUT2D eigenvalue weighted by Gasteiger charge is 2.30. The highest BCUT2D eigenvalue weighted by molar-refractivity contribution is 7.08. The second-order valence-corrected chi connectivity index (χ2v) is 8.61. The van der Waals surface area contributed by atoms with Gasteiger partial charge in [0.2, 0.25) is 0 Å². The maximum absolute atomic E-state index is 5.01. The van der Waals surface area contributed by atoms with Gasteiger partial charge in [-0.25, -0.2) is 0 Å². The van der Waals surface area contributed by atoms with Crippen LogP contribution in [-0.4, -0.2) is 5.71 Å². The van der Waals surface area contributed by atoms with Crippen molar-refractivity contribution in [3.05, 3.63) is 88.1 Å². The average Bonchev–Trinajstić information content (AvgIpc) is 3.31. The molecule has 3 aromatic rings. The van der Waals surface area contributed by atoms with Crippen molar-refractivity contribution in [2.45, 2.75) is 38.6 Å². The lowest BCUT2D eigenvalue weighted by atomic mass is 9.86. The second-order valence-electron chi connectivity index (χ2n) is 7.83. The lowest BCUT2D eigenvalue weighted by Crippen LogP contribution is -2.17. The number of rotatable bonds is 3. The van der Waals surface area contributed by atoms with Gasteiger partial charge in [-0.3, -0.25) is 5.01 Å². The monoisotopic (exact) mass is 360 g/mol. The van der Waals surface area contributed by atoms with Gasteiger partial charge in [-0.15, -0.1) is 0 Å². The van der Waals surface area contributed by atoms with Crippen LogP contribution in [0, 0.1) is 0 Å². The van der Waals surface area contributed by atoms with Gasteiger partial charge in [-0.2, -0.15) is 16.4 Å². The van der Waals surface area contributed by atoms with Gasteiger partial charge in [-0.05, 0) is 51.1 Å². The predicted octanol–water partition coefficient (Wildman–Crippen LogP) is 6.40. The Hall–Kier alpha value is -2.39. The first-order chi connectivity index (χ1) is 12.5. The normalized spacial score (nSPS) is 17.4. The highest BCUT2D eigenvalue weighted by atomic mass is 32.1. The Balaban J connectivity index is 1.69. The molecule has 0 saturated heterocycles. The van der Waals surface area contributed by atoms with Gasteiger partial charge in [0.25, 0.3) is 0 Å². The molecule has 0 amide bonds. The molecule has 0 fully saturated rings. The first kappa shape index (κ1) is 17.0. The third-order valence-electron chi connectivity index (χ3n) is 4.94. The SMILES string of the molecule is CC(C)(C)c1ccc(C2=NN(c3ccccc3)C(c3ccsc3)C2)cc1. The standard InChI is InChI=1S/C23H24N2S/c1-23(2,3)19-11-9-17(10-12-19)21-15-22(18-13-14-26-16-18)25(24-21)20-7-5-4-6-8-20/h4-14,16,22H,15H2,1-3H3. The van der Waals surface area contributed by atoms with Crippen molar-refractivity contribution in [2.24, 2.45) is 5.10 Å². The summed E-state index contributed by atoms with van der Waals surface area (Å²) in [6.07, 6.45) is 0.931. The minimum atomic E-state index is 0.172. The van der Waals surface area contributed by atoms with E-state index >= 15 is 0 Å². The molecule has 0 radical (unpaired) electrons. The van der Waals surface area contributed by atoms with Crippen LogP contribution in [0.3, 0.4) is 0 Å². The van der Waals surface area contributed by atoms with Gasteiger partial charge in [0.15, 0.2) is 0 Å². The summed E-state index contributed by atoms with van der Waals surface area (Å²) in [4.78, 5) is 0. The van der Waals surface area contributed by atoms with Crippen molar-refractivity contribution in [3.63, 3.8) is 0 Å². The predicted molar refractivity (Wildman–Crippen MR) is 112 cm³/mol. The van der Waals surface area contributed by atoms with E-state index in [0.29, 0.717) is 0 Å². The van der Waals surface area contributed by atoms with Crippen LogP contribution in [0.15, 0.2) is 76.5 Å². The summed E-state index contributed by atoms with van der Waals surface area (Å²) in [7, 11) is 0. The molecule has 0 N–H and O–H groups in total. The van der Waals surface area contributed by atoms with Crippen LogP contribution >= 0.6 is 11.3 Å². The van der Waals surface area contributed by atoms with Gasteiger partial charge < -0.3 is 0 Å².